The van der Waals surface area contributed by atoms with Gasteiger partial charge in [0.2, 0.25) is 0 Å². The number of carboxylic acid groups (broad SMARTS) is 1. The maximum atomic E-state index is 12.0. The van der Waals surface area contributed by atoms with Gasteiger partial charge in [-0.25, -0.2) is 4.68 Å². The number of rotatable bonds is 4. The number of aryl methyl sites for hydroxylation is 1. The Labute approximate surface area is 121 Å². The molecule has 0 fully saturated rings. The first-order valence-corrected chi connectivity index (χ1v) is 6.43. The zero-order valence-corrected chi connectivity index (χ0v) is 12.0. The van der Waals surface area contributed by atoms with E-state index >= 15 is 0 Å². The van der Waals surface area contributed by atoms with Crippen LogP contribution in [0.1, 0.15) is 28.7 Å². The minimum Gasteiger partial charge on any atom is -0.480 e. The molecule has 110 valence electrons. The summed E-state index contributed by atoms with van der Waals surface area (Å²) >= 11 is 0. The molecule has 7 nitrogen and oxygen atoms in total. The van der Waals surface area contributed by atoms with Crippen LogP contribution in [0.4, 0.5) is 0 Å². The molecule has 1 atom stereocenters. The maximum absolute atomic E-state index is 12.0. The predicted octanol–water partition coefficient (Wildman–Crippen LogP) is 1.09. The fourth-order valence-corrected chi connectivity index (χ4v) is 1.87. The van der Waals surface area contributed by atoms with E-state index in [1.807, 2.05) is 31.2 Å². The summed E-state index contributed by atoms with van der Waals surface area (Å²) in [6.07, 6.45) is 0. The summed E-state index contributed by atoms with van der Waals surface area (Å²) in [5, 5.41) is 19.0. The summed E-state index contributed by atoms with van der Waals surface area (Å²) in [4.78, 5) is 22.8. The van der Waals surface area contributed by atoms with E-state index in [0.717, 1.165) is 11.3 Å². The van der Waals surface area contributed by atoms with Gasteiger partial charge in [-0.2, -0.15) is 0 Å². The molecule has 1 aromatic carbocycles. The number of amides is 1. The lowest BCUT2D eigenvalue weighted by Gasteiger charge is -2.08. The van der Waals surface area contributed by atoms with Crippen LogP contribution in [0, 0.1) is 13.8 Å². The summed E-state index contributed by atoms with van der Waals surface area (Å²) in [6, 6.07) is 6.64. The smallest absolute Gasteiger partial charge is 0.325 e. The fourth-order valence-electron chi connectivity index (χ4n) is 1.87. The van der Waals surface area contributed by atoms with Crippen LogP contribution in [0.25, 0.3) is 5.69 Å². The summed E-state index contributed by atoms with van der Waals surface area (Å²) in [6.45, 7) is 5.06. The maximum Gasteiger partial charge on any atom is 0.325 e. The number of hydrogen-bond acceptors (Lipinski definition) is 4. The number of nitrogens with one attached hydrogen (secondary N) is 1. The molecule has 0 saturated carbocycles. The van der Waals surface area contributed by atoms with Crippen LogP contribution in [0.15, 0.2) is 24.3 Å². The van der Waals surface area contributed by atoms with Crippen molar-refractivity contribution in [2.75, 3.05) is 0 Å². The van der Waals surface area contributed by atoms with Crippen molar-refractivity contribution in [2.45, 2.75) is 26.8 Å². The third kappa shape index (κ3) is 3.07. The molecule has 0 aliphatic heterocycles. The Morgan fingerprint density at radius 1 is 1.33 bits per heavy atom. The first-order valence-electron chi connectivity index (χ1n) is 6.43. The van der Waals surface area contributed by atoms with Gasteiger partial charge in [0.05, 0.1) is 11.4 Å². The molecule has 7 heteroatoms. The van der Waals surface area contributed by atoms with E-state index in [0.29, 0.717) is 5.69 Å². The molecular formula is C14H16N4O3. The Bertz CT molecular complexity index is 693. The molecule has 0 unspecified atom stereocenters. The Kier molecular flexibility index (Phi) is 4.02. The van der Waals surface area contributed by atoms with Gasteiger partial charge < -0.3 is 10.4 Å². The predicted molar refractivity (Wildman–Crippen MR) is 75.4 cm³/mol. The van der Waals surface area contributed by atoms with E-state index in [4.69, 9.17) is 5.11 Å². The van der Waals surface area contributed by atoms with Gasteiger partial charge in [0.25, 0.3) is 5.91 Å². The standard InChI is InChI=1S/C14H16N4O3/c1-8-5-4-6-11(7-8)18-10(3)12(16-17-18)13(19)15-9(2)14(20)21/h4-7,9H,1-3H3,(H,15,19)(H,20,21)/t9-/m0/s1. The molecule has 2 N–H and O–H groups in total. The molecule has 0 aliphatic carbocycles. The van der Waals surface area contributed by atoms with Crippen molar-refractivity contribution in [3.05, 3.63) is 41.2 Å². The van der Waals surface area contributed by atoms with Crippen LogP contribution in [0.5, 0.6) is 0 Å². The number of carboxylic acids is 1. The van der Waals surface area contributed by atoms with Crippen LogP contribution in [0.2, 0.25) is 0 Å². The molecular weight excluding hydrogens is 272 g/mol. The molecule has 0 radical (unpaired) electrons. The van der Waals surface area contributed by atoms with Crippen LogP contribution in [-0.4, -0.2) is 38.0 Å². The summed E-state index contributed by atoms with van der Waals surface area (Å²) in [5.74, 6) is -1.66. The summed E-state index contributed by atoms with van der Waals surface area (Å²) < 4.78 is 1.55. The largest absolute Gasteiger partial charge is 0.480 e. The lowest BCUT2D eigenvalue weighted by atomic mass is 10.2. The quantitative estimate of drug-likeness (QED) is 0.877. The zero-order valence-electron chi connectivity index (χ0n) is 12.0. The highest BCUT2D eigenvalue weighted by molar-refractivity contribution is 5.95. The average Bonchev–Trinajstić information content (AvgIpc) is 2.80. The number of carbonyl (C=O) groups excluding carboxylic acids is 1. The van der Waals surface area contributed by atoms with Crippen molar-refractivity contribution < 1.29 is 14.7 Å². The van der Waals surface area contributed by atoms with Crippen molar-refractivity contribution in [3.8, 4) is 5.69 Å². The minimum atomic E-state index is -1.10. The number of carbonyl (C=O) groups is 2. The van der Waals surface area contributed by atoms with Gasteiger partial charge in [-0.15, -0.1) is 5.10 Å². The highest BCUT2D eigenvalue weighted by Crippen LogP contribution is 2.13. The second-order valence-corrected chi connectivity index (χ2v) is 4.81. The van der Waals surface area contributed by atoms with Gasteiger partial charge in [0, 0.05) is 0 Å². The number of nitrogens with zero attached hydrogens (tertiary/aromatic N) is 3. The molecule has 0 aliphatic rings. The first-order chi connectivity index (χ1) is 9.90. The molecule has 0 saturated heterocycles. The molecule has 1 aromatic heterocycles. The Morgan fingerprint density at radius 2 is 2.05 bits per heavy atom. The topological polar surface area (TPSA) is 97.1 Å². The number of benzene rings is 1. The van der Waals surface area contributed by atoms with Crippen LogP contribution < -0.4 is 5.32 Å². The fraction of sp³-hybridized carbons (Fsp3) is 0.286. The molecule has 1 amide bonds. The molecule has 2 rings (SSSR count). The monoisotopic (exact) mass is 288 g/mol. The normalized spacial score (nSPS) is 12.0. The third-order valence-corrected chi connectivity index (χ3v) is 3.07. The SMILES string of the molecule is Cc1cccc(-n2nnc(C(=O)N[C@@H](C)C(=O)O)c2C)c1. The van der Waals surface area contributed by atoms with E-state index in [2.05, 4.69) is 15.6 Å². The van der Waals surface area contributed by atoms with E-state index < -0.39 is 17.9 Å². The zero-order chi connectivity index (χ0) is 15.6. The Morgan fingerprint density at radius 3 is 2.67 bits per heavy atom. The third-order valence-electron chi connectivity index (χ3n) is 3.07. The van der Waals surface area contributed by atoms with Gasteiger partial charge in [-0.3, -0.25) is 9.59 Å². The van der Waals surface area contributed by atoms with Crippen LogP contribution in [0.3, 0.4) is 0 Å². The molecule has 1 heterocycles. The van der Waals surface area contributed by atoms with Crippen molar-refractivity contribution >= 4 is 11.9 Å². The molecule has 2 aromatic rings. The van der Waals surface area contributed by atoms with Crippen molar-refractivity contribution in [1.82, 2.24) is 20.3 Å². The highest BCUT2D eigenvalue weighted by Gasteiger charge is 2.21. The number of hydrogen-bond donors (Lipinski definition) is 2. The number of aromatic nitrogens is 3. The van der Waals surface area contributed by atoms with Gasteiger partial charge in [-0.1, -0.05) is 17.3 Å². The minimum absolute atomic E-state index is 0.115. The molecule has 0 bridgehead atoms. The van der Waals surface area contributed by atoms with Crippen molar-refractivity contribution in [1.29, 1.82) is 0 Å². The highest BCUT2D eigenvalue weighted by atomic mass is 16.4. The van der Waals surface area contributed by atoms with E-state index in [9.17, 15) is 9.59 Å². The Hall–Kier alpha value is -2.70. The Balaban J connectivity index is 2.29. The summed E-state index contributed by atoms with van der Waals surface area (Å²) in [7, 11) is 0. The lowest BCUT2D eigenvalue weighted by Crippen LogP contribution is -2.38. The molecule has 0 spiro atoms. The van der Waals surface area contributed by atoms with Crippen LogP contribution >= 0.6 is 0 Å². The van der Waals surface area contributed by atoms with E-state index in [-0.39, 0.29) is 5.69 Å². The van der Waals surface area contributed by atoms with Gasteiger partial charge >= 0.3 is 5.97 Å². The molecule has 21 heavy (non-hydrogen) atoms. The van der Waals surface area contributed by atoms with E-state index in [1.165, 1.54) is 6.92 Å². The second-order valence-electron chi connectivity index (χ2n) is 4.81. The van der Waals surface area contributed by atoms with Gasteiger partial charge in [-0.05, 0) is 38.5 Å². The lowest BCUT2D eigenvalue weighted by molar-refractivity contribution is -0.138. The average molecular weight is 288 g/mol. The van der Waals surface area contributed by atoms with Crippen molar-refractivity contribution in [2.24, 2.45) is 0 Å². The summed E-state index contributed by atoms with van der Waals surface area (Å²) in [5.41, 5.74) is 2.53. The first kappa shape index (κ1) is 14.7. The van der Waals surface area contributed by atoms with Gasteiger partial charge in [0.15, 0.2) is 5.69 Å². The van der Waals surface area contributed by atoms with Crippen LogP contribution in [-0.2, 0) is 4.79 Å². The van der Waals surface area contributed by atoms with Gasteiger partial charge in [0.1, 0.15) is 6.04 Å². The van der Waals surface area contributed by atoms with E-state index in [1.54, 1.807) is 11.6 Å². The second kappa shape index (κ2) is 5.74. The van der Waals surface area contributed by atoms with Crippen molar-refractivity contribution in [3.63, 3.8) is 0 Å². The number of aliphatic carboxylic acids is 1.